The van der Waals surface area contributed by atoms with Crippen LogP contribution >= 0.6 is 11.6 Å². The molecular formula is C28H29ClN8O4S. The Labute approximate surface area is 247 Å². The number of nitrogens with one attached hydrogen (secondary N) is 3. The van der Waals surface area contributed by atoms with Gasteiger partial charge in [0.25, 0.3) is 0 Å². The lowest BCUT2D eigenvalue weighted by Gasteiger charge is -2.30. The van der Waals surface area contributed by atoms with E-state index in [0.717, 1.165) is 28.2 Å². The van der Waals surface area contributed by atoms with Gasteiger partial charge < -0.3 is 20.5 Å². The molecule has 12 nitrogen and oxygen atoms in total. The predicted molar refractivity (Wildman–Crippen MR) is 158 cm³/mol. The van der Waals surface area contributed by atoms with Gasteiger partial charge in [0.05, 0.1) is 24.3 Å². The van der Waals surface area contributed by atoms with Crippen LogP contribution < -0.4 is 16.0 Å². The highest BCUT2D eigenvalue weighted by atomic mass is 35.5. The molecule has 0 aliphatic carbocycles. The van der Waals surface area contributed by atoms with Crippen LogP contribution in [0.25, 0.3) is 0 Å². The van der Waals surface area contributed by atoms with Gasteiger partial charge in [-0.05, 0) is 73.9 Å². The summed E-state index contributed by atoms with van der Waals surface area (Å²) in [5.74, 6) is 1.07. The number of aromatic nitrogens is 4. The van der Waals surface area contributed by atoms with E-state index in [2.05, 4.69) is 36.1 Å². The largest absolute Gasteiger partial charge is 0.360 e. The first-order chi connectivity index (χ1) is 20.2. The van der Waals surface area contributed by atoms with Crippen LogP contribution in [0.3, 0.4) is 0 Å². The van der Waals surface area contributed by atoms with E-state index in [1.54, 1.807) is 13.1 Å². The molecular weight excluding hydrogens is 580 g/mol. The minimum absolute atomic E-state index is 0.0708. The zero-order valence-corrected chi connectivity index (χ0v) is 24.4. The molecule has 1 amide bonds. The number of nitrogens with zero attached hydrogens (tertiary/aromatic N) is 5. The molecule has 4 aromatic rings. The third-order valence-corrected chi connectivity index (χ3v) is 9.76. The van der Waals surface area contributed by atoms with Crippen molar-refractivity contribution in [3.8, 4) is 0 Å². The van der Waals surface area contributed by atoms with Crippen molar-refractivity contribution in [1.82, 2.24) is 24.4 Å². The summed E-state index contributed by atoms with van der Waals surface area (Å²) in [5, 5.41) is 13.5. The molecule has 1 fully saturated rings. The number of benzene rings is 1. The van der Waals surface area contributed by atoms with Crippen molar-refractivity contribution in [2.45, 2.75) is 43.9 Å². The van der Waals surface area contributed by atoms with Crippen LogP contribution in [0, 0.1) is 12.8 Å². The maximum Gasteiger partial charge on any atom is 0.248 e. The Kier molecular flexibility index (Phi) is 7.80. The SMILES string of the molecule is Cc1oncc1S(=O)(=O)N1CCC(CC(=O)Nc2ccc3cc2CCc2cncc(c2)Nc2ncc(Cl)c(n2)N3)CC1. The molecule has 42 heavy (non-hydrogen) atoms. The lowest BCUT2D eigenvalue weighted by molar-refractivity contribution is -0.117. The van der Waals surface area contributed by atoms with Crippen molar-refractivity contribution in [1.29, 1.82) is 0 Å². The quantitative estimate of drug-likeness (QED) is 0.287. The Morgan fingerprint density at radius 1 is 1.10 bits per heavy atom. The summed E-state index contributed by atoms with van der Waals surface area (Å²) < 4.78 is 32.3. The van der Waals surface area contributed by atoms with Crippen LogP contribution in [0.5, 0.6) is 0 Å². The molecule has 1 aromatic carbocycles. The molecule has 14 heteroatoms. The number of sulfonamides is 1. The number of carbonyl (C=O) groups excluding carboxylic acids is 1. The molecule has 0 radical (unpaired) electrons. The van der Waals surface area contributed by atoms with E-state index in [1.165, 1.54) is 16.7 Å². The molecule has 0 saturated carbocycles. The Morgan fingerprint density at radius 3 is 2.71 bits per heavy atom. The Bertz CT molecular complexity index is 1740. The number of aryl methyl sites for hydroxylation is 3. The number of fused-ring (bicyclic) bond motifs is 6. The maximum absolute atomic E-state index is 13.2. The summed E-state index contributed by atoms with van der Waals surface area (Å²) in [6.45, 7) is 2.26. The summed E-state index contributed by atoms with van der Waals surface area (Å²) in [4.78, 5) is 26.4. The number of piperidine rings is 1. The van der Waals surface area contributed by atoms with E-state index < -0.39 is 10.0 Å². The standard InChI is InChI=1S/C28H29ClN8O4S/c1-17-25(16-32-41-17)42(39,40)37-8-6-18(7-9-37)11-26(38)35-24-5-4-21-12-20(24)3-2-19-10-22(14-30-13-19)34-28-31-15-23(29)27(33-21)36-28/h4-5,10,12-16,18H,2-3,6-9,11H2,1H3,(H,35,38)(H2,31,33,34,36). The predicted octanol–water partition coefficient (Wildman–Crippen LogP) is 4.84. The topological polar surface area (TPSA) is 155 Å². The van der Waals surface area contributed by atoms with Crippen molar-refractivity contribution in [3.05, 3.63) is 71.0 Å². The van der Waals surface area contributed by atoms with Crippen molar-refractivity contribution < 1.29 is 17.7 Å². The Hall–Kier alpha value is -4.07. The first kappa shape index (κ1) is 28.1. The van der Waals surface area contributed by atoms with Crippen molar-refractivity contribution in [3.63, 3.8) is 0 Å². The van der Waals surface area contributed by atoms with E-state index in [4.69, 9.17) is 16.1 Å². The zero-order valence-electron chi connectivity index (χ0n) is 22.8. The molecule has 5 heterocycles. The van der Waals surface area contributed by atoms with Crippen LogP contribution in [-0.4, -0.2) is 51.8 Å². The number of hydrogen-bond acceptors (Lipinski definition) is 10. The normalized spacial score (nSPS) is 15.9. The van der Waals surface area contributed by atoms with Crippen LogP contribution in [0.1, 0.15) is 36.1 Å². The minimum Gasteiger partial charge on any atom is -0.360 e. The second-order valence-corrected chi connectivity index (χ2v) is 12.8. The Morgan fingerprint density at radius 2 is 1.93 bits per heavy atom. The van der Waals surface area contributed by atoms with Gasteiger partial charge >= 0.3 is 0 Å². The second-order valence-electron chi connectivity index (χ2n) is 10.4. The molecule has 0 unspecified atom stereocenters. The van der Waals surface area contributed by atoms with Gasteiger partial charge in [0, 0.05) is 37.1 Å². The van der Waals surface area contributed by atoms with E-state index in [1.807, 2.05) is 30.5 Å². The average molecular weight is 609 g/mol. The number of pyridine rings is 1. The number of hydrogen-bond donors (Lipinski definition) is 3. The summed E-state index contributed by atoms with van der Waals surface area (Å²) >= 11 is 6.36. The lowest BCUT2D eigenvalue weighted by Crippen LogP contribution is -2.39. The van der Waals surface area contributed by atoms with Gasteiger partial charge in [-0.2, -0.15) is 9.29 Å². The number of anilines is 5. The van der Waals surface area contributed by atoms with Gasteiger partial charge in [-0.3, -0.25) is 9.78 Å². The fourth-order valence-corrected chi connectivity index (χ4v) is 6.93. The highest BCUT2D eigenvalue weighted by molar-refractivity contribution is 7.89. The first-order valence-electron chi connectivity index (χ1n) is 13.6. The second kappa shape index (κ2) is 11.7. The molecule has 1 saturated heterocycles. The molecule has 218 valence electrons. The molecule has 0 spiro atoms. The van der Waals surface area contributed by atoms with Crippen LogP contribution in [0.2, 0.25) is 5.02 Å². The average Bonchev–Trinajstić information content (AvgIpc) is 3.42. The van der Waals surface area contributed by atoms with Crippen molar-refractivity contribution in [2.24, 2.45) is 5.92 Å². The van der Waals surface area contributed by atoms with Gasteiger partial charge in [-0.15, -0.1) is 0 Å². The summed E-state index contributed by atoms with van der Waals surface area (Å²) in [6, 6.07) is 7.71. The van der Waals surface area contributed by atoms with Gasteiger partial charge in [-0.1, -0.05) is 16.8 Å². The molecule has 2 aliphatic heterocycles. The van der Waals surface area contributed by atoms with E-state index in [9.17, 15) is 13.2 Å². The molecule has 3 aromatic heterocycles. The fourth-order valence-electron chi connectivity index (χ4n) is 5.25. The Balaban J connectivity index is 1.15. The van der Waals surface area contributed by atoms with E-state index in [0.29, 0.717) is 62.0 Å². The van der Waals surface area contributed by atoms with Crippen LogP contribution in [-0.2, 0) is 27.7 Å². The number of carbonyl (C=O) groups is 1. The van der Waals surface area contributed by atoms with Crippen LogP contribution in [0.4, 0.5) is 28.8 Å². The first-order valence-corrected chi connectivity index (χ1v) is 15.4. The van der Waals surface area contributed by atoms with Gasteiger partial charge in [0.15, 0.2) is 11.6 Å². The molecule has 6 bridgehead atoms. The number of amides is 1. The summed E-state index contributed by atoms with van der Waals surface area (Å²) in [7, 11) is -3.67. The summed E-state index contributed by atoms with van der Waals surface area (Å²) in [6.07, 6.45) is 9.12. The minimum atomic E-state index is -3.67. The fraction of sp³-hybridized carbons (Fsp3) is 0.321. The number of rotatable bonds is 5. The molecule has 6 rings (SSSR count). The smallest absolute Gasteiger partial charge is 0.248 e. The van der Waals surface area contributed by atoms with E-state index >= 15 is 0 Å². The lowest BCUT2D eigenvalue weighted by atomic mass is 9.94. The summed E-state index contributed by atoms with van der Waals surface area (Å²) in [5.41, 5.74) is 4.22. The van der Waals surface area contributed by atoms with Gasteiger partial charge in [0.1, 0.15) is 9.92 Å². The molecule has 0 atom stereocenters. The third-order valence-electron chi connectivity index (χ3n) is 7.49. The third kappa shape index (κ3) is 6.08. The van der Waals surface area contributed by atoms with Crippen molar-refractivity contribution in [2.75, 3.05) is 29.0 Å². The van der Waals surface area contributed by atoms with E-state index in [-0.39, 0.29) is 22.5 Å². The number of halogens is 1. The van der Waals surface area contributed by atoms with Gasteiger partial charge in [-0.25, -0.2) is 13.4 Å². The molecule has 2 aliphatic rings. The molecule has 3 N–H and O–H groups in total. The zero-order chi connectivity index (χ0) is 29.3. The van der Waals surface area contributed by atoms with Crippen LogP contribution in [0.15, 0.2) is 58.5 Å². The van der Waals surface area contributed by atoms with Crippen molar-refractivity contribution >= 4 is 56.4 Å². The maximum atomic E-state index is 13.2. The highest BCUT2D eigenvalue weighted by Crippen LogP contribution is 2.31. The highest BCUT2D eigenvalue weighted by Gasteiger charge is 2.32. The monoisotopic (exact) mass is 608 g/mol. The van der Waals surface area contributed by atoms with Gasteiger partial charge in [0.2, 0.25) is 21.9 Å².